The van der Waals surface area contributed by atoms with E-state index in [0.717, 1.165) is 3.57 Å². The Kier molecular flexibility index (Phi) is 6.34. The molecule has 0 unspecified atom stereocenters. The fourth-order valence-corrected chi connectivity index (χ4v) is 1.74. The number of carbonyl (C=O) groups excluding carboxylic acids is 1. The minimum absolute atomic E-state index is 0.257. The van der Waals surface area contributed by atoms with Gasteiger partial charge in [-0.15, -0.1) is 0 Å². The molecular formula is C13H14INO4. The highest BCUT2D eigenvalue weighted by Crippen LogP contribution is 2.14. The number of aliphatic carboxylic acids is 1. The van der Waals surface area contributed by atoms with Gasteiger partial charge < -0.3 is 15.2 Å². The third kappa shape index (κ3) is 6.23. The summed E-state index contributed by atoms with van der Waals surface area (Å²) in [5.41, 5.74) is 0.257. The summed E-state index contributed by atoms with van der Waals surface area (Å²) in [5, 5.41) is 11.2. The molecule has 0 atom stereocenters. The Labute approximate surface area is 124 Å². The molecule has 1 aromatic carbocycles. The molecule has 0 spiro atoms. The van der Waals surface area contributed by atoms with E-state index in [1.165, 1.54) is 6.92 Å². The summed E-state index contributed by atoms with van der Waals surface area (Å²) >= 11 is 2.13. The van der Waals surface area contributed by atoms with Gasteiger partial charge in [0.25, 0.3) is 0 Å². The Morgan fingerprint density at radius 1 is 1.47 bits per heavy atom. The maximum Gasteiger partial charge on any atom is 0.412 e. The second-order valence-electron chi connectivity index (χ2n) is 3.75. The molecule has 0 bridgehead atoms. The van der Waals surface area contributed by atoms with Gasteiger partial charge in [-0.2, -0.15) is 0 Å². The fraction of sp³-hybridized carbons (Fsp3) is 0.231. The van der Waals surface area contributed by atoms with E-state index >= 15 is 0 Å². The molecule has 0 aliphatic carbocycles. The van der Waals surface area contributed by atoms with Crippen LogP contribution in [0.4, 0.5) is 4.79 Å². The molecule has 0 aliphatic rings. The fourth-order valence-electron chi connectivity index (χ4n) is 1.22. The normalized spacial score (nSPS) is 10.9. The molecule has 1 rings (SSSR count). The number of carbonyl (C=O) groups is 2. The van der Waals surface area contributed by atoms with Crippen LogP contribution in [0.1, 0.15) is 13.3 Å². The zero-order chi connectivity index (χ0) is 14.3. The van der Waals surface area contributed by atoms with Crippen molar-refractivity contribution in [2.24, 2.45) is 0 Å². The molecule has 1 aromatic rings. The molecule has 0 saturated heterocycles. The largest absolute Gasteiger partial charge is 0.478 e. The number of ether oxygens (including phenoxy) is 1. The second-order valence-corrected chi connectivity index (χ2v) is 5.00. The van der Waals surface area contributed by atoms with Crippen molar-refractivity contribution in [3.05, 3.63) is 39.5 Å². The first-order chi connectivity index (χ1) is 8.99. The maximum atomic E-state index is 11.4. The average molecular weight is 375 g/mol. The monoisotopic (exact) mass is 375 g/mol. The number of hydrogen-bond donors (Lipinski definition) is 2. The van der Waals surface area contributed by atoms with Crippen molar-refractivity contribution >= 4 is 34.7 Å². The first-order valence-corrected chi connectivity index (χ1v) is 6.68. The maximum absolute atomic E-state index is 11.4. The molecule has 102 valence electrons. The van der Waals surface area contributed by atoms with Crippen molar-refractivity contribution in [1.29, 1.82) is 0 Å². The van der Waals surface area contributed by atoms with Crippen molar-refractivity contribution in [2.45, 2.75) is 13.3 Å². The van der Waals surface area contributed by atoms with Gasteiger partial charge in [-0.05, 0) is 54.1 Å². The number of halogens is 1. The van der Waals surface area contributed by atoms with Crippen molar-refractivity contribution in [2.75, 3.05) is 6.54 Å². The molecular weight excluding hydrogens is 361 g/mol. The SMILES string of the molecule is CC(=CCCNC(=O)Oc1cccc(I)c1)C(=O)O. The summed E-state index contributed by atoms with van der Waals surface area (Å²) in [6.45, 7) is 1.83. The zero-order valence-corrected chi connectivity index (χ0v) is 12.5. The van der Waals surface area contributed by atoms with Crippen molar-refractivity contribution in [3.8, 4) is 5.75 Å². The topological polar surface area (TPSA) is 75.6 Å². The zero-order valence-electron chi connectivity index (χ0n) is 10.4. The minimum atomic E-state index is -0.957. The quantitative estimate of drug-likeness (QED) is 0.472. The molecule has 0 aromatic heterocycles. The van der Waals surface area contributed by atoms with Gasteiger partial charge in [0.1, 0.15) is 5.75 Å². The summed E-state index contributed by atoms with van der Waals surface area (Å²) in [5.74, 6) is -0.483. The van der Waals surface area contributed by atoms with Gasteiger partial charge in [-0.1, -0.05) is 12.1 Å². The molecule has 0 heterocycles. The van der Waals surface area contributed by atoms with Gasteiger partial charge in [-0.25, -0.2) is 9.59 Å². The highest BCUT2D eigenvalue weighted by atomic mass is 127. The summed E-state index contributed by atoms with van der Waals surface area (Å²) in [7, 11) is 0. The number of rotatable bonds is 5. The van der Waals surface area contributed by atoms with Gasteiger partial charge in [0, 0.05) is 15.7 Å². The van der Waals surface area contributed by atoms with Crippen LogP contribution in [0.2, 0.25) is 0 Å². The molecule has 6 heteroatoms. The van der Waals surface area contributed by atoms with Crippen LogP contribution in [0.15, 0.2) is 35.9 Å². The van der Waals surface area contributed by atoms with Crippen LogP contribution in [-0.2, 0) is 4.79 Å². The Hall–Kier alpha value is -1.57. The van der Waals surface area contributed by atoms with Crippen LogP contribution in [0.3, 0.4) is 0 Å². The van der Waals surface area contributed by atoms with E-state index < -0.39 is 12.1 Å². The van der Waals surface area contributed by atoms with Crippen LogP contribution in [0, 0.1) is 3.57 Å². The molecule has 19 heavy (non-hydrogen) atoms. The van der Waals surface area contributed by atoms with Gasteiger partial charge in [0.15, 0.2) is 0 Å². The van der Waals surface area contributed by atoms with E-state index in [1.54, 1.807) is 24.3 Å². The lowest BCUT2D eigenvalue weighted by atomic mass is 10.2. The van der Waals surface area contributed by atoms with Crippen molar-refractivity contribution in [1.82, 2.24) is 5.32 Å². The molecule has 0 fully saturated rings. The van der Waals surface area contributed by atoms with Crippen LogP contribution < -0.4 is 10.1 Å². The summed E-state index contributed by atoms with van der Waals surface area (Å²) in [6, 6.07) is 7.12. The van der Waals surface area contributed by atoms with Crippen LogP contribution in [0.5, 0.6) is 5.75 Å². The lowest BCUT2D eigenvalue weighted by Crippen LogP contribution is -2.27. The van der Waals surface area contributed by atoms with E-state index in [1.807, 2.05) is 6.07 Å². The molecule has 5 nitrogen and oxygen atoms in total. The van der Waals surface area contributed by atoms with Gasteiger partial charge in [0.05, 0.1) is 0 Å². The minimum Gasteiger partial charge on any atom is -0.478 e. The van der Waals surface area contributed by atoms with E-state index in [9.17, 15) is 9.59 Å². The van der Waals surface area contributed by atoms with E-state index in [-0.39, 0.29) is 5.57 Å². The molecule has 0 aliphatic heterocycles. The summed E-state index contributed by atoms with van der Waals surface area (Å²) in [4.78, 5) is 21.9. The predicted octanol–water partition coefficient (Wildman–Crippen LogP) is 2.80. The number of carboxylic acids is 1. The van der Waals surface area contributed by atoms with Crippen LogP contribution >= 0.6 is 22.6 Å². The van der Waals surface area contributed by atoms with E-state index in [2.05, 4.69) is 27.9 Å². The van der Waals surface area contributed by atoms with E-state index in [4.69, 9.17) is 9.84 Å². The third-order valence-corrected chi connectivity index (χ3v) is 2.88. The number of hydrogen-bond acceptors (Lipinski definition) is 3. The van der Waals surface area contributed by atoms with Crippen molar-refractivity contribution < 1.29 is 19.4 Å². The van der Waals surface area contributed by atoms with Gasteiger partial charge >= 0.3 is 12.1 Å². The molecule has 1 amide bonds. The van der Waals surface area contributed by atoms with Gasteiger partial charge in [-0.3, -0.25) is 0 Å². The van der Waals surface area contributed by atoms with Crippen molar-refractivity contribution in [3.63, 3.8) is 0 Å². The average Bonchev–Trinajstić information content (AvgIpc) is 2.34. The molecule has 0 saturated carbocycles. The Bertz CT molecular complexity index is 499. The first-order valence-electron chi connectivity index (χ1n) is 5.60. The Balaban J connectivity index is 2.33. The highest BCUT2D eigenvalue weighted by Gasteiger charge is 2.03. The molecule has 2 N–H and O–H groups in total. The number of nitrogens with one attached hydrogen (secondary N) is 1. The first kappa shape index (κ1) is 15.5. The van der Waals surface area contributed by atoms with E-state index in [0.29, 0.717) is 18.7 Å². The lowest BCUT2D eigenvalue weighted by molar-refractivity contribution is -0.132. The lowest BCUT2D eigenvalue weighted by Gasteiger charge is -2.05. The third-order valence-electron chi connectivity index (χ3n) is 2.21. The smallest absolute Gasteiger partial charge is 0.412 e. The standard InChI is InChI=1S/C13H14INO4/c1-9(12(16)17)4-3-7-15-13(18)19-11-6-2-5-10(14)8-11/h2,4-6,8H,3,7H2,1H3,(H,15,18)(H,16,17). The highest BCUT2D eigenvalue weighted by molar-refractivity contribution is 14.1. The Morgan fingerprint density at radius 2 is 2.21 bits per heavy atom. The summed E-state index contributed by atoms with van der Waals surface area (Å²) < 4.78 is 6.03. The molecule has 0 radical (unpaired) electrons. The summed E-state index contributed by atoms with van der Waals surface area (Å²) in [6.07, 6.45) is 1.44. The van der Waals surface area contributed by atoms with Gasteiger partial charge in [0.2, 0.25) is 0 Å². The number of carboxylic acid groups (broad SMARTS) is 1. The number of benzene rings is 1. The Morgan fingerprint density at radius 3 is 2.84 bits per heavy atom. The van der Waals surface area contributed by atoms with Crippen LogP contribution in [-0.4, -0.2) is 23.7 Å². The number of amides is 1. The second kappa shape index (κ2) is 7.78. The van der Waals surface area contributed by atoms with Crippen LogP contribution in [0.25, 0.3) is 0 Å². The predicted molar refractivity (Wildman–Crippen MR) is 79.2 cm³/mol.